The Morgan fingerprint density at radius 1 is 1.00 bits per heavy atom. The van der Waals surface area contributed by atoms with Gasteiger partial charge in [-0.2, -0.15) is 0 Å². The van der Waals surface area contributed by atoms with E-state index in [1.54, 1.807) is 0 Å². The highest BCUT2D eigenvalue weighted by Crippen LogP contribution is 2.29. The molecule has 6 nitrogen and oxygen atoms in total. The van der Waals surface area contributed by atoms with Crippen molar-refractivity contribution < 1.29 is 9.53 Å². The Bertz CT molecular complexity index is 1100. The van der Waals surface area contributed by atoms with Crippen molar-refractivity contribution >= 4 is 45.5 Å². The van der Waals surface area contributed by atoms with Gasteiger partial charge in [-0.05, 0) is 55.1 Å². The maximum Gasteiger partial charge on any atom is 0.324 e. The van der Waals surface area contributed by atoms with Gasteiger partial charge in [-0.3, -0.25) is 4.90 Å². The number of benzene rings is 3. The minimum Gasteiger partial charge on any atom is -0.494 e. The Morgan fingerprint density at radius 2 is 1.81 bits per heavy atom. The largest absolute Gasteiger partial charge is 0.494 e. The second-order valence-corrected chi connectivity index (χ2v) is 8.29. The molecule has 0 aliphatic carbocycles. The van der Waals surface area contributed by atoms with Gasteiger partial charge < -0.3 is 20.7 Å². The molecule has 3 N–H and O–H groups in total. The summed E-state index contributed by atoms with van der Waals surface area (Å²) in [4.78, 5) is 16.8. The lowest BCUT2D eigenvalue weighted by Crippen LogP contribution is -2.32. The zero-order valence-electron chi connectivity index (χ0n) is 18.0. The summed E-state index contributed by atoms with van der Waals surface area (Å²) >= 11 is 4.86. The number of unbranched alkanes of at least 4 members (excludes halogenated alkanes) is 2. The van der Waals surface area contributed by atoms with E-state index in [2.05, 4.69) is 23.5 Å². The number of hydrogen-bond acceptors (Lipinski definition) is 3. The molecular formula is C25H28N4O2S. The van der Waals surface area contributed by atoms with Gasteiger partial charge in [0.25, 0.3) is 0 Å². The van der Waals surface area contributed by atoms with Crippen LogP contribution in [0.2, 0.25) is 0 Å². The summed E-state index contributed by atoms with van der Waals surface area (Å²) in [7, 11) is 0. The number of urea groups is 1. The van der Waals surface area contributed by atoms with Gasteiger partial charge in [0.05, 0.1) is 12.3 Å². The Kier molecular flexibility index (Phi) is 7.07. The van der Waals surface area contributed by atoms with Crippen molar-refractivity contribution in [1.29, 1.82) is 0 Å². The minimum atomic E-state index is 0.0970. The normalized spacial score (nSPS) is 13.6. The maximum atomic E-state index is 13.0. The van der Waals surface area contributed by atoms with Gasteiger partial charge >= 0.3 is 6.03 Å². The van der Waals surface area contributed by atoms with E-state index in [1.807, 2.05) is 58.3 Å². The lowest BCUT2D eigenvalue weighted by atomic mass is 10.1. The second kappa shape index (κ2) is 10.3. The van der Waals surface area contributed by atoms with Crippen LogP contribution in [0.5, 0.6) is 5.75 Å². The predicted octanol–water partition coefficient (Wildman–Crippen LogP) is 4.99. The van der Waals surface area contributed by atoms with Crippen molar-refractivity contribution in [3.05, 3.63) is 66.7 Å². The molecule has 1 aliphatic heterocycles. The van der Waals surface area contributed by atoms with E-state index in [1.165, 1.54) is 0 Å². The summed E-state index contributed by atoms with van der Waals surface area (Å²) in [5.74, 6) is 0.784. The van der Waals surface area contributed by atoms with Gasteiger partial charge in [-0.25, -0.2) is 4.79 Å². The van der Waals surface area contributed by atoms with E-state index >= 15 is 0 Å². The van der Waals surface area contributed by atoms with Gasteiger partial charge in [0.15, 0.2) is 5.11 Å². The van der Waals surface area contributed by atoms with Crippen LogP contribution in [-0.4, -0.2) is 42.3 Å². The minimum absolute atomic E-state index is 0.0970. The number of nitrogens with two attached hydrogens (primary N) is 1. The van der Waals surface area contributed by atoms with E-state index in [0.29, 0.717) is 6.61 Å². The van der Waals surface area contributed by atoms with Gasteiger partial charge in [0.2, 0.25) is 0 Å². The Balaban J connectivity index is 1.21. The molecule has 7 heteroatoms. The quantitative estimate of drug-likeness (QED) is 0.357. The first-order chi connectivity index (χ1) is 15.6. The van der Waals surface area contributed by atoms with Gasteiger partial charge in [-0.1, -0.05) is 42.5 Å². The molecule has 1 saturated heterocycles. The first-order valence-corrected chi connectivity index (χ1v) is 11.4. The number of nitrogens with one attached hydrogen (secondary N) is 1. The number of carbonyl (C=O) groups excluding carboxylic acids is 1. The van der Waals surface area contributed by atoms with E-state index in [0.717, 1.165) is 66.8 Å². The zero-order valence-corrected chi connectivity index (χ0v) is 18.8. The molecule has 0 bridgehead atoms. The summed E-state index contributed by atoms with van der Waals surface area (Å²) in [6, 6.07) is 22.0. The van der Waals surface area contributed by atoms with Gasteiger partial charge in [-0.15, -0.1) is 0 Å². The molecule has 2 amide bonds. The van der Waals surface area contributed by atoms with Crippen molar-refractivity contribution in [3.8, 4) is 5.75 Å². The van der Waals surface area contributed by atoms with Crippen LogP contribution >= 0.6 is 12.2 Å². The molecule has 0 unspecified atom stereocenters. The second-order valence-electron chi connectivity index (χ2n) is 7.85. The molecule has 0 radical (unpaired) electrons. The highest BCUT2D eigenvalue weighted by molar-refractivity contribution is 7.80. The smallest absolute Gasteiger partial charge is 0.324 e. The van der Waals surface area contributed by atoms with Crippen molar-refractivity contribution in [3.63, 3.8) is 0 Å². The number of hydrogen-bond donors (Lipinski definition) is 2. The maximum absolute atomic E-state index is 13.0. The SMILES string of the molecule is NC(=S)Nc1cccc(OCCCCCN2CCN(c3cccc4ccccc34)C2=O)c1. The lowest BCUT2D eigenvalue weighted by Gasteiger charge is -2.20. The molecule has 1 fully saturated rings. The average Bonchev–Trinajstić information content (AvgIpc) is 3.15. The monoisotopic (exact) mass is 448 g/mol. The molecule has 166 valence electrons. The zero-order chi connectivity index (χ0) is 22.3. The van der Waals surface area contributed by atoms with Crippen LogP contribution in [-0.2, 0) is 0 Å². The van der Waals surface area contributed by atoms with Crippen LogP contribution in [0.3, 0.4) is 0 Å². The fourth-order valence-electron chi connectivity index (χ4n) is 4.03. The molecule has 0 aromatic heterocycles. The molecule has 3 aromatic carbocycles. The summed E-state index contributed by atoms with van der Waals surface area (Å²) in [6.45, 7) is 2.90. The topological polar surface area (TPSA) is 70.8 Å². The number of fused-ring (bicyclic) bond motifs is 1. The Morgan fingerprint density at radius 3 is 2.69 bits per heavy atom. The molecule has 3 aromatic rings. The predicted molar refractivity (Wildman–Crippen MR) is 134 cm³/mol. The van der Waals surface area contributed by atoms with E-state index in [4.69, 9.17) is 22.7 Å². The fourth-order valence-corrected chi connectivity index (χ4v) is 4.15. The summed E-state index contributed by atoms with van der Waals surface area (Å²) < 4.78 is 5.82. The summed E-state index contributed by atoms with van der Waals surface area (Å²) in [5.41, 5.74) is 7.32. The van der Waals surface area contributed by atoms with Crippen LogP contribution in [0.25, 0.3) is 10.8 Å². The van der Waals surface area contributed by atoms with Crippen molar-refractivity contribution in [2.45, 2.75) is 19.3 Å². The fraction of sp³-hybridized carbons (Fsp3) is 0.280. The molecule has 1 heterocycles. The average molecular weight is 449 g/mol. The van der Waals surface area contributed by atoms with E-state index in [-0.39, 0.29) is 11.1 Å². The summed E-state index contributed by atoms with van der Waals surface area (Å²) in [5, 5.41) is 5.41. The first kappa shape index (κ1) is 21.9. The van der Waals surface area contributed by atoms with Gasteiger partial charge in [0, 0.05) is 36.8 Å². The lowest BCUT2D eigenvalue weighted by molar-refractivity contribution is 0.219. The Labute approximate surface area is 193 Å². The number of nitrogens with zero attached hydrogens (tertiary/aromatic N) is 2. The first-order valence-electron chi connectivity index (χ1n) is 11.0. The van der Waals surface area contributed by atoms with Crippen molar-refractivity contribution in [1.82, 2.24) is 4.90 Å². The van der Waals surface area contributed by atoms with E-state index in [9.17, 15) is 4.79 Å². The Hall–Kier alpha value is -3.32. The van der Waals surface area contributed by atoms with Crippen LogP contribution in [0.15, 0.2) is 66.7 Å². The van der Waals surface area contributed by atoms with Crippen LogP contribution < -0.4 is 20.7 Å². The highest BCUT2D eigenvalue weighted by atomic mass is 32.1. The third-order valence-electron chi connectivity index (χ3n) is 5.60. The van der Waals surface area contributed by atoms with E-state index < -0.39 is 0 Å². The number of thiocarbonyl (C=S) groups is 1. The standard InChI is InChI=1S/C25H28N4O2S/c26-24(32)27-20-10-7-11-21(18-20)31-17-5-1-4-14-28-15-16-29(25(28)30)23-13-6-9-19-8-2-3-12-22(19)23/h2-3,6-13,18H,1,4-5,14-17H2,(H3,26,27,32). The third kappa shape index (κ3) is 5.29. The molecule has 4 rings (SSSR count). The van der Waals surface area contributed by atoms with Crippen molar-refractivity contribution in [2.24, 2.45) is 5.73 Å². The molecule has 0 saturated carbocycles. The molecular weight excluding hydrogens is 420 g/mol. The molecule has 32 heavy (non-hydrogen) atoms. The van der Waals surface area contributed by atoms with Crippen LogP contribution in [0.1, 0.15) is 19.3 Å². The highest BCUT2D eigenvalue weighted by Gasteiger charge is 2.29. The van der Waals surface area contributed by atoms with Crippen LogP contribution in [0, 0.1) is 0 Å². The number of ether oxygens (including phenoxy) is 1. The van der Waals surface area contributed by atoms with Crippen molar-refractivity contribution in [2.75, 3.05) is 36.5 Å². The number of carbonyl (C=O) groups is 1. The van der Waals surface area contributed by atoms with Gasteiger partial charge in [0.1, 0.15) is 5.75 Å². The molecule has 1 aliphatic rings. The molecule has 0 atom stereocenters. The van der Waals surface area contributed by atoms with Crippen LogP contribution in [0.4, 0.5) is 16.2 Å². The third-order valence-corrected chi connectivity index (χ3v) is 5.70. The molecule has 0 spiro atoms. The number of amides is 2. The number of rotatable bonds is 9. The number of anilines is 2. The summed E-state index contributed by atoms with van der Waals surface area (Å²) in [6.07, 6.45) is 2.90.